The van der Waals surface area contributed by atoms with Gasteiger partial charge in [0, 0.05) is 14.1 Å². The summed E-state index contributed by atoms with van der Waals surface area (Å²) in [6, 6.07) is 6.61. The summed E-state index contributed by atoms with van der Waals surface area (Å²) in [5.41, 5.74) is 1.85. The Bertz CT molecular complexity index is 929. The van der Waals surface area contributed by atoms with E-state index in [1.54, 1.807) is 14.2 Å². The Morgan fingerprint density at radius 3 is 2.44 bits per heavy atom. The Kier molecular flexibility index (Phi) is 3.18. The van der Waals surface area contributed by atoms with E-state index in [9.17, 15) is 9.59 Å². The molecule has 0 saturated carbocycles. The number of rotatable bonds is 2. The number of fused-ring (bicyclic) bond motifs is 3. The number of hydrogen-bond donors (Lipinski definition) is 0. The van der Waals surface area contributed by atoms with Crippen LogP contribution in [0, 0.1) is 6.92 Å². The first-order valence-corrected chi connectivity index (χ1v) is 7.85. The zero-order valence-electron chi connectivity index (χ0n) is 14.4. The third-order valence-electron chi connectivity index (χ3n) is 4.66. The number of amides is 3. The SMILES string of the molecule is COc1ccc(-n2c(C)c[n+]3c2N=C2C3C(=O)N(C)C(=O)N2C)cc1. The van der Waals surface area contributed by atoms with Crippen molar-refractivity contribution in [1.82, 2.24) is 14.4 Å². The molecule has 1 fully saturated rings. The Morgan fingerprint density at radius 2 is 1.80 bits per heavy atom. The van der Waals surface area contributed by atoms with Crippen molar-refractivity contribution in [1.29, 1.82) is 0 Å². The van der Waals surface area contributed by atoms with Crippen LogP contribution in [-0.2, 0) is 4.79 Å². The number of urea groups is 1. The first kappa shape index (κ1) is 15.4. The standard InChI is InChI=1S/C17H18N5O3/c1-10-9-21-13-14(19(2)17(24)20(3)15(13)23)18-16(21)22(10)11-5-7-12(25-4)8-6-11/h5-9,13H,1-4H3/q+1. The summed E-state index contributed by atoms with van der Waals surface area (Å²) in [5.74, 6) is 1.55. The molecule has 1 atom stereocenters. The van der Waals surface area contributed by atoms with Gasteiger partial charge in [0.05, 0.1) is 7.11 Å². The van der Waals surface area contributed by atoms with E-state index in [1.807, 2.05) is 46.5 Å². The third kappa shape index (κ3) is 2.00. The summed E-state index contributed by atoms with van der Waals surface area (Å²) in [6.07, 6.45) is 1.89. The number of aryl methyl sites for hydroxylation is 1. The topological polar surface area (TPSA) is 71.0 Å². The zero-order chi connectivity index (χ0) is 17.9. The fraction of sp³-hybridized carbons (Fsp3) is 0.294. The minimum atomic E-state index is -0.610. The first-order valence-electron chi connectivity index (χ1n) is 7.85. The highest BCUT2D eigenvalue weighted by atomic mass is 16.5. The highest BCUT2D eigenvalue weighted by Gasteiger charge is 2.52. The quantitative estimate of drug-likeness (QED) is 0.771. The second kappa shape index (κ2) is 5.17. The molecule has 8 nitrogen and oxygen atoms in total. The molecule has 0 spiro atoms. The van der Waals surface area contributed by atoms with Crippen LogP contribution in [0.2, 0.25) is 0 Å². The molecule has 25 heavy (non-hydrogen) atoms. The zero-order valence-corrected chi connectivity index (χ0v) is 14.4. The van der Waals surface area contributed by atoms with Gasteiger partial charge in [-0.1, -0.05) is 4.99 Å². The molecule has 4 rings (SSSR count). The summed E-state index contributed by atoms with van der Waals surface area (Å²) in [7, 11) is 4.74. The van der Waals surface area contributed by atoms with E-state index in [2.05, 4.69) is 4.99 Å². The molecular weight excluding hydrogens is 322 g/mol. The van der Waals surface area contributed by atoms with Crippen molar-refractivity contribution in [2.45, 2.75) is 13.0 Å². The minimum absolute atomic E-state index is 0.280. The first-order chi connectivity index (χ1) is 11.9. The van der Waals surface area contributed by atoms with Crippen LogP contribution >= 0.6 is 0 Å². The number of benzene rings is 1. The summed E-state index contributed by atoms with van der Waals surface area (Å²) >= 11 is 0. The van der Waals surface area contributed by atoms with Crippen molar-refractivity contribution in [3.05, 3.63) is 36.2 Å². The van der Waals surface area contributed by atoms with Crippen LogP contribution in [-0.4, -0.2) is 53.3 Å². The molecule has 0 radical (unpaired) electrons. The predicted molar refractivity (Wildman–Crippen MR) is 89.3 cm³/mol. The third-order valence-corrected chi connectivity index (χ3v) is 4.66. The van der Waals surface area contributed by atoms with E-state index >= 15 is 0 Å². The van der Waals surface area contributed by atoms with Gasteiger partial charge >= 0.3 is 12.0 Å². The number of carbonyl (C=O) groups excluding carboxylic acids is 2. The Labute approximate surface area is 144 Å². The molecule has 2 aliphatic rings. The van der Waals surface area contributed by atoms with E-state index in [4.69, 9.17) is 4.74 Å². The predicted octanol–water partition coefficient (Wildman–Crippen LogP) is 1.19. The van der Waals surface area contributed by atoms with Gasteiger partial charge in [-0.15, -0.1) is 0 Å². The molecule has 2 aromatic rings. The van der Waals surface area contributed by atoms with Gasteiger partial charge in [0.15, 0.2) is 0 Å². The Hall–Kier alpha value is -3.16. The molecule has 0 aliphatic carbocycles. The maximum Gasteiger partial charge on any atom is 0.406 e. The van der Waals surface area contributed by atoms with Crippen molar-refractivity contribution >= 4 is 23.7 Å². The number of imide groups is 1. The largest absolute Gasteiger partial charge is 0.497 e. The molecule has 1 aromatic heterocycles. The number of amidine groups is 1. The maximum absolute atomic E-state index is 12.6. The highest BCUT2D eigenvalue weighted by molar-refractivity contribution is 6.18. The van der Waals surface area contributed by atoms with Crippen LogP contribution in [0.5, 0.6) is 5.75 Å². The van der Waals surface area contributed by atoms with Crippen molar-refractivity contribution in [3.63, 3.8) is 0 Å². The number of methoxy groups -OCH3 is 1. The average Bonchev–Trinajstić information content (AvgIpc) is 3.13. The molecule has 128 valence electrons. The van der Waals surface area contributed by atoms with Crippen LogP contribution in [0.25, 0.3) is 5.69 Å². The second-order valence-electron chi connectivity index (χ2n) is 6.12. The minimum Gasteiger partial charge on any atom is -0.497 e. The van der Waals surface area contributed by atoms with Crippen molar-refractivity contribution in [2.24, 2.45) is 4.99 Å². The van der Waals surface area contributed by atoms with Crippen molar-refractivity contribution in [3.8, 4) is 11.4 Å². The Balaban J connectivity index is 1.87. The van der Waals surface area contributed by atoms with Gasteiger partial charge in [0.2, 0.25) is 11.9 Å². The van der Waals surface area contributed by atoms with Crippen LogP contribution in [0.1, 0.15) is 11.7 Å². The molecule has 0 bridgehead atoms. The van der Waals surface area contributed by atoms with Crippen LogP contribution < -0.4 is 9.30 Å². The van der Waals surface area contributed by atoms with Gasteiger partial charge in [0.25, 0.3) is 5.91 Å². The lowest BCUT2D eigenvalue weighted by molar-refractivity contribution is -0.676. The van der Waals surface area contributed by atoms with E-state index < -0.39 is 6.04 Å². The molecule has 3 heterocycles. The molecule has 0 N–H and O–H groups in total. The molecule has 8 heteroatoms. The van der Waals surface area contributed by atoms with Crippen LogP contribution in [0.3, 0.4) is 0 Å². The fourth-order valence-corrected chi connectivity index (χ4v) is 3.31. The molecule has 3 amide bonds. The van der Waals surface area contributed by atoms with E-state index in [-0.39, 0.29) is 11.9 Å². The number of carbonyl (C=O) groups is 2. The second-order valence-corrected chi connectivity index (χ2v) is 6.12. The van der Waals surface area contributed by atoms with Gasteiger partial charge in [-0.25, -0.2) is 9.36 Å². The molecule has 2 aliphatic heterocycles. The summed E-state index contributed by atoms with van der Waals surface area (Å²) in [5, 5.41) is 0. The molecule has 1 saturated heterocycles. The van der Waals surface area contributed by atoms with Crippen molar-refractivity contribution < 1.29 is 18.9 Å². The number of likely N-dealkylation sites (N-methyl/N-ethyl adjacent to an activating group) is 2. The number of nitrogens with zero attached hydrogens (tertiary/aromatic N) is 5. The van der Waals surface area contributed by atoms with E-state index in [1.165, 1.54) is 11.9 Å². The molecule has 1 unspecified atom stereocenters. The number of imidazole rings is 1. The monoisotopic (exact) mass is 340 g/mol. The van der Waals surface area contributed by atoms with Crippen LogP contribution in [0.4, 0.5) is 10.7 Å². The normalized spacial score (nSPS) is 19.0. The molecular formula is C17H18N5O3+. The Morgan fingerprint density at radius 1 is 1.12 bits per heavy atom. The summed E-state index contributed by atoms with van der Waals surface area (Å²) in [4.78, 5) is 31.9. The molecule has 1 aromatic carbocycles. The van der Waals surface area contributed by atoms with E-state index in [0.717, 1.165) is 22.0 Å². The number of aromatic nitrogens is 2. The average molecular weight is 340 g/mol. The lowest BCUT2D eigenvalue weighted by atomic mass is 10.2. The lowest BCUT2D eigenvalue weighted by Crippen LogP contribution is -2.61. The summed E-state index contributed by atoms with van der Waals surface area (Å²) in [6.45, 7) is 1.95. The number of hydrogen-bond acceptors (Lipinski definition) is 4. The van der Waals surface area contributed by atoms with Gasteiger partial charge in [-0.3, -0.25) is 14.6 Å². The maximum atomic E-state index is 12.6. The fourth-order valence-electron chi connectivity index (χ4n) is 3.31. The lowest BCUT2D eigenvalue weighted by Gasteiger charge is -2.30. The van der Waals surface area contributed by atoms with Gasteiger partial charge < -0.3 is 4.74 Å². The van der Waals surface area contributed by atoms with Gasteiger partial charge in [-0.2, -0.15) is 4.57 Å². The van der Waals surface area contributed by atoms with E-state index in [0.29, 0.717) is 11.8 Å². The number of aliphatic imine (C=N–C) groups is 1. The van der Waals surface area contributed by atoms with Gasteiger partial charge in [0.1, 0.15) is 23.3 Å². The van der Waals surface area contributed by atoms with Crippen LogP contribution in [0.15, 0.2) is 35.5 Å². The summed E-state index contributed by atoms with van der Waals surface area (Å²) < 4.78 is 8.97. The number of ether oxygens (including phenoxy) is 1. The van der Waals surface area contributed by atoms with Gasteiger partial charge in [-0.05, 0) is 31.2 Å². The smallest absolute Gasteiger partial charge is 0.406 e. The van der Waals surface area contributed by atoms with Crippen molar-refractivity contribution in [2.75, 3.05) is 21.2 Å². The highest BCUT2D eigenvalue weighted by Crippen LogP contribution is 2.31.